The fourth-order valence-electron chi connectivity index (χ4n) is 0.787. The Morgan fingerprint density at radius 1 is 1.77 bits per heavy atom. The van der Waals surface area contributed by atoms with Gasteiger partial charge in [0.15, 0.2) is 0 Å². The number of carbonyl (C=O) groups is 1. The van der Waals surface area contributed by atoms with Crippen LogP contribution in [-0.2, 0) is 14.3 Å². The van der Waals surface area contributed by atoms with Crippen molar-refractivity contribution in [3.63, 3.8) is 0 Å². The first-order valence-electron chi connectivity index (χ1n) is 3.89. The van der Waals surface area contributed by atoms with Gasteiger partial charge in [-0.1, -0.05) is 0 Å². The number of nitrogens with zero attached hydrogens (tertiary/aromatic N) is 1. The van der Waals surface area contributed by atoms with Crippen LogP contribution >= 0.6 is 0 Å². The lowest BCUT2D eigenvalue weighted by atomic mass is 10.3. The molecule has 0 aromatic heterocycles. The molecule has 5 nitrogen and oxygen atoms in total. The second-order valence-corrected chi connectivity index (χ2v) is 2.53. The highest BCUT2D eigenvalue weighted by atomic mass is 16.6. The molecule has 1 unspecified atom stereocenters. The number of rotatable bonds is 2. The number of amides is 1. The Morgan fingerprint density at radius 3 is 3.08 bits per heavy atom. The molecule has 1 atom stereocenters. The molecule has 1 aliphatic rings. The summed E-state index contributed by atoms with van der Waals surface area (Å²) in [5.41, 5.74) is 0. The largest absolute Gasteiger partial charge is 0.494 e. The highest BCUT2D eigenvalue weighted by molar-refractivity contribution is 5.91. The monoisotopic (exact) mass is 182 g/mol. The Hall–Kier alpha value is -1.70. The van der Waals surface area contributed by atoms with Crippen LogP contribution in [0.15, 0.2) is 12.0 Å². The highest BCUT2D eigenvalue weighted by Crippen LogP contribution is 2.03. The zero-order valence-electron chi connectivity index (χ0n) is 7.24. The Labute approximate surface area is 75.9 Å². The predicted molar refractivity (Wildman–Crippen MR) is 43.2 cm³/mol. The van der Waals surface area contributed by atoms with Crippen LogP contribution in [0.5, 0.6) is 0 Å². The summed E-state index contributed by atoms with van der Waals surface area (Å²) < 4.78 is 9.89. The first kappa shape index (κ1) is 9.39. The topological polar surface area (TPSA) is 71.4 Å². The van der Waals surface area contributed by atoms with Gasteiger partial charge in [0, 0.05) is 0 Å². The normalized spacial score (nSPS) is 17.1. The Morgan fingerprint density at radius 2 is 2.54 bits per heavy atom. The van der Waals surface area contributed by atoms with Crippen LogP contribution in [0.1, 0.15) is 6.92 Å². The second-order valence-electron chi connectivity index (χ2n) is 2.53. The predicted octanol–water partition coefficient (Wildman–Crippen LogP) is -0.0971. The molecule has 0 bridgehead atoms. The van der Waals surface area contributed by atoms with E-state index in [9.17, 15) is 4.79 Å². The number of carbonyl (C=O) groups excluding carboxylic acids is 1. The summed E-state index contributed by atoms with van der Waals surface area (Å²) in [5, 5.41) is 10.9. The first-order valence-corrected chi connectivity index (χ1v) is 3.89. The summed E-state index contributed by atoms with van der Waals surface area (Å²) >= 11 is 0. The van der Waals surface area contributed by atoms with Crippen molar-refractivity contribution in [3.8, 4) is 6.07 Å². The molecule has 0 radical (unpaired) electrons. The van der Waals surface area contributed by atoms with Crippen molar-refractivity contribution in [2.45, 2.75) is 13.0 Å². The molecule has 0 aromatic rings. The Bertz CT molecular complexity index is 267. The van der Waals surface area contributed by atoms with Crippen molar-refractivity contribution in [1.82, 2.24) is 5.32 Å². The molecule has 1 aliphatic heterocycles. The summed E-state index contributed by atoms with van der Waals surface area (Å²) in [7, 11) is 0. The molecule has 1 amide bonds. The number of nitriles is 1. The Balaban J connectivity index is 2.48. The zero-order chi connectivity index (χ0) is 9.68. The fourth-order valence-corrected chi connectivity index (χ4v) is 0.787. The van der Waals surface area contributed by atoms with E-state index in [1.54, 1.807) is 6.92 Å². The minimum absolute atomic E-state index is 0.119. The van der Waals surface area contributed by atoms with Crippen LogP contribution in [-0.4, -0.2) is 25.2 Å². The van der Waals surface area contributed by atoms with E-state index in [0.717, 1.165) is 0 Å². The van der Waals surface area contributed by atoms with Gasteiger partial charge in [-0.2, -0.15) is 5.26 Å². The van der Waals surface area contributed by atoms with E-state index >= 15 is 0 Å². The molecule has 1 heterocycles. The summed E-state index contributed by atoms with van der Waals surface area (Å²) in [6.07, 6.45) is 1.25. The van der Waals surface area contributed by atoms with E-state index in [-0.39, 0.29) is 5.76 Å². The molecular formula is C8H10N2O3. The van der Waals surface area contributed by atoms with Crippen LogP contribution < -0.4 is 5.32 Å². The standard InChI is InChI=1S/C8H10N2O3/c1-6(4-9)10-8(11)7-5-12-2-3-13-7/h5-6H,2-3H2,1H3,(H,10,11). The molecule has 0 aromatic carbocycles. The molecule has 0 saturated heterocycles. The quantitative estimate of drug-likeness (QED) is 0.647. The number of ether oxygens (including phenoxy) is 2. The smallest absolute Gasteiger partial charge is 0.290 e. The first-order chi connectivity index (χ1) is 6.24. The average molecular weight is 182 g/mol. The van der Waals surface area contributed by atoms with Crippen molar-refractivity contribution < 1.29 is 14.3 Å². The third-order valence-electron chi connectivity index (χ3n) is 1.41. The molecule has 1 rings (SSSR count). The summed E-state index contributed by atoms with van der Waals surface area (Å²) in [5.74, 6) is -0.304. The summed E-state index contributed by atoms with van der Waals surface area (Å²) in [6, 6.07) is 1.35. The molecule has 0 aliphatic carbocycles. The second kappa shape index (κ2) is 4.36. The van der Waals surface area contributed by atoms with E-state index < -0.39 is 11.9 Å². The van der Waals surface area contributed by atoms with Gasteiger partial charge in [-0.15, -0.1) is 0 Å². The van der Waals surface area contributed by atoms with Gasteiger partial charge in [-0.05, 0) is 6.92 Å². The maximum Gasteiger partial charge on any atom is 0.290 e. The van der Waals surface area contributed by atoms with Crippen molar-refractivity contribution in [3.05, 3.63) is 12.0 Å². The molecular weight excluding hydrogens is 172 g/mol. The van der Waals surface area contributed by atoms with Crippen molar-refractivity contribution in [2.24, 2.45) is 0 Å². The lowest BCUT2D eigenvalue weighted by Gasteiger charge is -2.15. The number of hydrogen-bond acceptors (Lipinski definition) is 4. The van der Waals surface area contributed by atoms with E-state index in [2.05, 4.69) is 5.32 Å². The molecule has 0 fully saturated rings. The fraction of sp³-hybridized carbons (Fsp3) is 0.500. The van der Waals surface area contributed by atoms with Crippen molar-refractivity contribution in [1.29, 1.82) is 5.26 Å². The molecule has 13 heavy (non-hydrogen) atoms. The van der Waals surface area contributed by atoms with E-state index in [4.69, 9.17) is 14.7 Å². The average Bonchev–Trinajstić information content (AvgIpc) is 2.19. The minimum atomic E-state index is -0.529. The zero-order valence-corrected chi connectivity index (χ0v) is 7.24. The number of hydrogen-bond donors (Lipinski definition) is 1. The van der Waals surface area contributed by atoms with Gasteiger partial charge < -0.3 is 14.8 Å². The molecule has 0 spiro atoms. The van der Waals surface area contributed by atoms with Crippen LogP contribution in [0.25, 0.3) is 0 Å². The highest BCUT2D eigenvalue weighted by Gasteiger charge is 2.16. The van der Waals surface area contributed by atoms with E-state index in [0.29, 0.717) is 13.2 Å². The van der Waals surface area contributed by atoms with Crippen LogP contribution in [0.2, 0.25) is 0 Å². The number of nitrogens with one attached hydrogen (secondary N) is 1. The molecule has 1 N–H and O–H groups in total. The molecule has 0 saturated carbocycles. The van der Waals surface area contributed by atoms with Gasteiger partial charge in [-0.3, -0.25) is 4.79 Å². The lowest BCUT2D eigenvalue weighted by Crippen LogP contribution is -2.34. The SMILES string of the molecule is CC(C#N)NC(=O)C1=COCCO1. The maximum atomic E-state index is 11.2. The minimum Gasteiger partial charge on any atom is -0.494 e. The van der Waals surface area contributed by atoms with Gasteiger partial charge in [-0.25, -0.2) is 0 Å². The molecule has 5 heteroatoms. The van der Waals surface area contributed by atoms with Crippen molar-refractivity contribution >= 4 is 5.91 Å². The van der Waals surface area contributed by atoms with Gasteiger partial charge >= 0.3 is 0 Å². The Kier molecular flexibility index (Phi) is 3.15. The third kappa shape index (κ3) is 2.67. The van der Waals surface area contributed by atoms with E-state index in [1.807, 2.05) is 6.07 Å². The van der Waals surface area contributed by atoms with Gasteiger partial charge in [0.1, 0.15) is 25.5 Å². The van der Waals surface area contributed by atoms with E-state index in [1.165, 1.54) is 6.26 Å². The summed E-state index contributed by atoms with van der Waals surface area (Å²) in [4.78, 5) is 11.2. The van der Waals surface area contributed by atoms with Gasteiger partial charge in [0.2, 0.25) is 5.76 Å². The van der Waals surface area contributed by atoms with Crippen LogP contribution in [0.3, 0.4) is 0 Å². The summed E-state index contributed by atoms with van der Waals surface area (Å²) in [6.45, 7) is 2.40. The van der Waals surface area contributed by atoms with Gasteiger partial charge in [0.25, 0.3) is 5.91 Å². The maximum absolute atomic E-state index is 11.2. The third-order valence-corrected chi connectivity index (χ3v) is 1.41. The van der Waals surface area contributed by atoms with Crippen LogP contribution in [0, 0.1) is 11.3 Å². The van der Waals surface area contributed by atoms with Crippen LogP contribution in [0.4, 0.5) is 0 Å². The molecule has 70 valence electrons. The lowest BCUT2D eigenvalue weighted by molar-refractivity contribution is -0.122. The van der Waals surface area contributed by atoms with Gasteiger partial charge in [0.05, 0.1) is 6.07 Å². The van der Waals surface area contributed by atoms with Crippen molar-refractivity contribution in [2.75, 3.05) is 13.2 Å².